The van der Waals surface area contributed by atoms with Crippen molar-refractivity contribution in [2.75, 3.05) is 12.9 Å². The number of thioether (sulfide) groups is 1. The number of aromatic nitrogens is 2. The summed E-state index contributed by atoms with van der Waals surface area (Å²) in [5, 5.41) is 12.4. The molecule has 0 saturated carbocycles. The molecule has 0 aliphatic carbocycles. The van der Waals surface area contributed by atoms with Gasteiger partial charge in [-0.3, -0.25) is 0 Å². The van der Waals surface area contributed by atoms with Crippen molar-refractivity contribution in [2.24, 2.45) is 0 Å². The van der Waals surface area contributed by atoms with E-state index in [4.69, 9.17) is 14.5 Å². The van der Waals surface area contributed by atoms with Crippen LogP contribution >= 0.6 is 11.8 Å². The molecule has 2 rings (SSSR count). The standard InChI is InChI=1S/C13H13N3O2S/c1-9-3-4-10(11(7-9)17-2)13-15-12(18-16-13)8-19-6-5-14/h3-4,7H,6,8H2,1-2H3. The Morgan fingerprint density at radius 3 is 3.05 bits per heavy atom. The van der Waals surface area contributed by atoms with Gasteiger partial charge in [0.1, 0.15) is 5.75 Å². The third kappa shape index (κ3) is 3.26. The molecule has 2 aromatic rings. The number of aryl methyl sites for hydroxylation is 1. The second-order valence-electron chi connectivity index (χ2n) is 3.87. The highest BCUT2D eigenvalue weighted by molar-refractivity contribution is 7.98. The number of ether oxygens (including phenoxy) is 1. The molecule has 1 aromatic heterocycles. The molecule has 1 aromatic carbocycles. The van der Waals surface area contributed by atoms with E-state index in [-0.39, 0.29) is 0 Å². The van der Waals surface area contributed by atoms with Gasteiger partial charge in [-0.2, -0.15) is 10.2 Å². The van der Waals surface area contributed by atoms with Gasteiger partial charge in [-0.15, -0.1) is 11.8 Å². The Morgan fingerprint density at radius 2 is 2.32 bits per heavy atom. The number of nitrogens with zero attached hydrogens (tertiary/aromatic N) is 3. The molecule has 0 fully saturated rings. The van der Waals surface area contributed by atoms with Crippen LogP contribution in [-0.4, -0.2) is 23.0 Å². The summed E-state index contributed by atoms with van der Waals surface area (Å²) in [4.78, 5) is 4.30. The second kappa shape index (κ2) is 6.25. The van der Waals surface area contributed by atoms with Gasteiger partial charge >= 0.3 is 0 Å². The summed E-state index contributed by atoms with van der Waals surface area (Å²) in [5.41, 5.74) is 1.90. The van der Waals surface area contributed by atoms with E-state index in [0.717, 1.165) is 16.9 Å². The molecule has 0 saturated heterocycles. The van der Waals surface area contributed by atoms with E-state index in [9.17, 15) is 0 Å². The fourth-order valence-electron chi connectivity index (χ4n) is 1.59. The van der Waals surface area contributed by atoms with Crippen LogP contribution < -0.4 is 4.74 Å². The zero-order valence-electron chi connectivity index (χ0n) is 10.7. The highest BCUT2D eigenvalue weighted by Gasteiger charge is 2.13. The maximum Gasteiger partial charge on any atom is 0.236 e. The molecular weight excluding hydrogens is 262 g/mol. The van der Waals surface area contributed by atoms with E-state index >= 15 is 0 Å². The van der Waals surface area contributed by atoms with Crippen LogP contribution in [0.1, 0.15) is 11.5 Å². The Kier molecular flexibility index (Phi) is 4.42. The molecule has 0 aliphatic heterocycles. The molecule has 0 radical (unpaired) electrons. The van der Waals surface area contributed by atoms with Gasteiger partial charge in [-0.1, -0.05) is 11.2 Å². The van der Waals surface area contributed by atoms with Crippen LogP contribution in [0, 0.1) is 18.3 Å². The maximum atomic E-state index is 8.47. The molecule has 0 spiro atoms. The molecule has 19 heavy (non-hydrogen) atoms. The zero-order chi connectivity index (χ0) is 13.7. The summed E-state index contributed by atoms with van der Waals surface area (Å²) in [7, 11) is 1.61. The van der Waals surface area contributed by atoms with Crippen LogP contribution in [-0.2, 0) is 5.75 Å². The Bertz CT molecular complexity index is 604. The van der Waals surface area contributed by atoms with Gasteiger partial charge in [0.2, 0.25) is 11.7 Å². The zero-order valence-corrected chi connectivity index (χ0v) is 11.5. The van der Waals surface area contributed by atoms with Gasteiger partial charge in [0.25, 0.3) is 0 Å². The summed E-state index contributed by atoms with van der Waals surface area (Å²) in [6.07, 6.45) is 0. The lowest BCUT2D eigenvalue weighted by Crippen LogP contribution is -1.90. The van der Waals surface area contributed by atoms with Gasteiger partial charge in [0.15, 0.2) is 0 Å². The minimum atomic E-state index is 0.408. The third-order valence-electron chi connectivity index (χ3n) is 2.46. The molecule has 0 bridgehead atoms. The predicted octanol–water partition coefficient (Wildman–Crippen LogP) is 2.81. The summed E-state index contributed by atoms with van der Waals surface area (Å²) >= 11 is 1.44. The Labute approximate surface area is 115 Å². The van der Waals surface area contributed by atoms with Gasteiger partial charge in [-0.05, 0) is 24.6 Å². The summed E-state index contributed by atoms with van der Waals surface area (Å²) < 4.78 is 10.5. The molecule has 98 valence electrons. The predicted molar refractivity (Wildman–Crippen MR) is 72.8 cm³/mol. The molecule has 0 unspecified atom stereocenters. The minimum Gasteiger partial charge on any atom is -0.496 e. The number of hydrogen-bond donors (Lipinski definition) is 0. The summed E-state index contributed by atoms with van der Waals surface area (Å²) in [5.74, 6) is 2.68. The van der Waals surface area contributed by atoms with E-state index in [1.807, 2.05) is 25.1 Å². The van der Waals surface area contributed by atoms with Crippen LogP contribution in [0.25, 0.3) is 11.4 Å². The molecule has 0 N–H and O–H groups in total. The lowest BCUT2D eigenvalue weighted by molar-refractivity contribution is 0.390. The molecule has 1 heterocycles. The number of hydrogen-bond acceptors (Lipinski definition) is 6. The topological polar surface area (TPSA) is 71.9 Å². The number of rotatable bonds is 5. The van der Waals surface area contributed by atoms with Crippen LogP contribution in [0.3, 0.4) is 0 Å². The largest absolute Gasteiger partial charge is 0.496 e. The first-order valence-electron chi connectivity index (χ1n) is 5.67. The maximum absolute atomic E-state index is 8.47. The lowest BCUT2D eigenvalue weighted by Gasteiger charge is -2.05. The van der Waals surface area contributed by atoms with E-state index in [1.165, 1.54) is 11.8 Å². The van der Waals surface area contributed by atoms with E-state index < -0.39 is 0 Å². The van der Waals surface area contributed by atoms with Crippen molar-refractivity contribution in [3.63, 3.8) is 0 Å². The normalized spacial score (nSPS) is 10.2. The van der Waals surface area contributed by atoms with Crippen LogP contribution in [0.15, 0.2) is 22.7 Å². The van der Waals surface area contributed by atoms with E-state index in [0.29, 0.717) is 23.2 Å². The van der Waals surface area contributed by atoms with Crippen LogP contribution in [0.2, 0.25) is 0 Å². The molecule has 0 amide bonds. The quantitative estimate of drug-likeness (QED) is 0.781. The monoisotopic (exact) mass is 275 g/mol. The SMILES string of the molecule is COc1cc(C)ccc1-c1noc(CSCC#N)n1. The highest BCUT2D eigenvalue weighted by Crippen LogP contribution is 2.29. The van der Waals surface area contributed by atoms with Crippen molar-refractivity contribution in [1.82, 2.24) is 10.1 Å². The van der Waals surface area contributed by atoms with Crippen LogP contribution in [0.5, 0.6) is 5.75 Å². The van der Waals surface area contributed by atoms with Gasteiger partial charge < -0.3 is 9.26 Å². The van der Waals surface area contributed by atoms with Crippen molar-refractivity contribution in [3.05, 3.63) is 29.7 Å². The van der Waals surface area contributed by atoms with Gasteiger partial charge in [0, 0.05) is 0 Å². The van der Waals surface area contributed by atoms with Crippen molar-refractivity contribution in [3.8, 4) is 23.2 Å². The first-order valence-corrected chi connectivity index (χ1v) is 6.82. The molecule has 0 atom stereocenters. The van der Waals surface area contributed by atoms with Crippen molar-refractivity contribution < 1.29 is 9.26 Å². The number of methoxy groups -OCH3 is 1. The Hall–Kier alpha value is -2.00. The average Bonchev–Trinajstić information content (AvgIpc) is 2.87. The van der Waals surface area contributed by atoms with Gasteiger partial charge in [-0.25, -0.2) is 0 Å². The van der Waals surface area contributed by atoms with Crippen molar-refractivity contribution in [1.29, 1.82) is 5.26 Å². The fraction of sp³-hybridized carbons (Fsp3) is 0.308. The Balaban J connectivity index is 2.21. The minimum absolute atomic E-state index is 0.408. The van der Waals surface area contributed by atoms with Crippen LogP contribution in [0.4, 0.5) is 0 Å². The average molecular weight is 275 g/mol. The van der Waals surface area contributed by atoms with Crippen molar-refractivity contribution >= 4 is 11.8 Å². The fourth-order valence-corrected chi connectivity index (χ4v) is 2.08. The smallest absolute Gasteiger partial charge is 0.236 e. The Morgan fingerprint density at radius 1 is 1.47 bits per heavy atom. The van der Waals surface area contributed by atoms with Crippen molar-refractivity contribution in [2.45, 2.75) is 12.7 Å². The van der Waals surface area contributed by atoms with E-state index in [2.05, 4.69) is 16.2 Å². The van der Waals surface area contributed by atoms with E-state index in [1.54, 1.807) is 7.11 Å². The molecule has 0 aliphatic rings. The first-order chi connectivity index (χ1) is 9.24. The third-order valence-corrected chi connectivity index (χ3v) is 3.24. The molecular formula is C13H13N3O2S. The highest BCUT2D eigenvalue weighted by atomic mass is 32.2. The number of nitriles is 1. The summed E-state index contributed by atoms with van der Waals surface area (Å²) in [6.45, 7) is 1.99. The number of benzene rings is 1. The first kappa shape index (κ1) is 13.4. The lowest BCUT2D eigenvalue weighted by atomic mass is 10.1. The summed E-state index contributed by atoms with van der Waals surface area (Å²) in [6, 6.07) is 7.86. The second-order valence-corrected chi connectivity index (χ2v) is 4.85. The molecule has 5 nitrogen and oxygen atoms in total. The van der Waals surface area contributed by atoms with Gasteiger partial charge in [0.05, 0.1) is 30.2 Å². The molecule has 6 heteroatoms.